The lowest BCUT2D eigenvalue weighted by Crippen LogP contribution is -2.09. The van der Waals surface area contributed by atoms with Crippen molar-refractivity contribution in [3.8, 4) is 11.1 Å². The summed E-state index contributed by atoms with van der Waals surface area (Å²) in [5, 5.41) is 0. The van der Waals surface area contributed by atoms with Gasteiger partial charge in [-0.1, -0.05) is 64.5 Å². The van der Waals surface area contributed by atoms with Crippen molar-refractivity contribution in [1.29, 1.82) is 0 Å². The van der Waals surface area contributed by atoms with Crippen LogP contribution in [0.1, 0.15) is 18.1 Å². The minimum atomic E-state index is -3.50. The highest BCUT2D eigenvalue weighted by Crippen LogP contribution is 2.25. The number of benzene rings is 3. The summed E-state index contributed by atoms with van der Waals surface area (Å²) in [4.78, 5) is 11.9. The summed E-state index contributed by atoms with van der Waals surface area (Å²) in [6.07, 6.45) is 0.129. The lowest BCUT2D eigenvalue weighted by atomic mass is 10.1. The number of carbonyl (C=O) groups is 1. The maximum absolute atomic E-state index is 12.8. The van der Waals surface area contributed by atoms with Gasteiger partial charge in [0.05, 0.1) is 23.7 Å². The molecule has 3 rings (SSSR count). The van der Waals surface area contributed by atoms with E-state index in [9.17, 15) is 13.2 Å². The minimum Gasteiger partial charge on any atom is -0.466 e. The summed E-state index contributed by atoms with van der Waals surface area (Å²) < 4.78 is 31.6. The molecule has 6 heteroatoms. The summed E-state index contributed by atoms with van der Waals surface area (Å²) in [5.74, 6) is -0.447. The molecule has 0 aliphatic rings. The molecule has 0 saturated heterocycles. The lowest BCUT2D eigenvalue weighted by molar-refractivity contribution is -0.142. The van der Waals surface area contributed by atoms with E-state index in [-0.39, 0.29) is 23.0 Å². The molecule has 0 bridgehead atoms. The zero-order valence-electron chi connectivity index (χ0n) is 16.0. The fourth-order valence-electron chi connectivity index (χ4n) is 3.01. The van der Waals surface area contributed by atoms with Crippen LogP contribution in [-0.2, 0) is 31.5 Å². The standard InChI is InChI=1S/C23H21BrO4S/c1-2-28-23(25)15-17-4-3-5-18(14-17)16-29(26,27)22-12-8-20(9-13-22)19-6-10-21(24)11-7-19/h3-14H,2,15-16H2,1H3. The van der Waals surface area contributed by atoms with Crippen molar-refractivity contribution in [2.75, 3.05) is 6.61 Å². The van der Waals surface area contributed by atoms with Crippen molar-refractivity contribution in [1.82, 2.24) is 0 Å². The molecule has 0 amide bonds. The molecule has 150 valence electrons. The Hall–Kier alpha value is -2.44. The zero-order valence-corrected chi connectivity index (χ0v) is 18.4. The molecule has 0 unspecified atom stereocenters. The van der Waals surface area contributed by atoms with E-state index < -0.39 is 9.84 Å². The van der Waals surface area contributed by atoms with Gasteiger partial charge in [0.25, 0.3) is 0 Å². The average molecular weight is 473 g/mol. The van der Waals surface area contributed by atoms with Crippen LogP contribution in [-0.4, -0.2) is 21.0 Å². The SMILES string of the molecule is CCOC(=O)Cc1cccc(CS(=O)(=O)c2ccc(-c3ccc(Br)cc3)cc2)c1. The molecule has 0 aromatic heterocycles. The highest BCUT2D eigenvalue weighted by atomic mass is 79.9. The van der Waals surface area contributed by atoms with Crippen LogP contribution >= 0.6 is 15.9 Å². The van der Waals surface area contributed by atoms with Crippen molar-refractivity contribution in [3.05, 3.63) is 88.4 Å². The van der Waals surface area contributed by atoms with Gasteiger partial charge in [-0.05, 0) is 53.4 Å². The van der Waals surface area contributed by atoms with Crippen LogP contribution in [0.3, 0.4) is 0 Å². The van der Waals surface area contributed by atoms with E-state index in [0.717, 1.165) is 21.2 Å². The monoisotopic (exact) mass is 472 g/mol. The van der Waals surface area contributed by atoms with Gasteiger partial charge < -0.3 is 4.74 Å². The number of ether oxygens (including phenoxy) is 1. The van der Waals surface area contributed by atoms with Gasteiger partial charge in [-0.25, -0.2) is 8.42 Å². The van der Waals surface area contributed by atoms with Crippen molar-refractivity contribution in [2.24, 2.45) is 0 Å². The topological polar surface area (TPSA) is 60.4 Å². The molecule has 0 spiro atoms. The second-order valence-corrected chi connectivity index (χ2v) is 9.50. The van der Waals surface area contributed by atoms with Gasteiger partial charge in [0.1, 0.15) is 0 Å². The van der Waals surface area contributed by atoms with E-state index in [4.69, 9.17) is 4.74 Å². The highest BCUT2D eigenvalue weighted by molar-refractivity contribution is 9.10. The zero-order chi connectivity index (χ0) is 20.9. The third-order valence-electron chi connectivity index (χ3n) is 4.39. The van der Waals surface area contributed by atoms with E-state index >= 15 is 0 Å². The number of halogens is 1. The van der Waals surface area contributed by atoms with Crippen LogP contribution in [0.15, 0.2) is 82.2 Å². The van der Waals surface area contributed by atoms with Gasteiger partial charge in [0.15, 0.2) is 9.84 Å². The Morgan fingerprint density at radius 1 is 0.897 bits per heavy atom. The van der Waals surface area contributed by atoms with Gasteiger partial charge in [0.2, 0.25) is 0 Å². The van der Waals surface area contributed by atoms with E-state index in [2.05, 4.69) is 15.9 Å². The largest absolute Gasteiger partial charge is 0.466 e. The van der Waals surface area contributed by atoms with Crippen LogP contribution in [0.25, 0.3) is 11.1 Å². The predicted molar refractivity (Wildman–Crippen MR) is 117 cm³/mol. The second kappa shape index (κ2) is 9.37. The second-order valence-electron chi connectivity index (χ2n) is 6.59. The molecular formula is C23H21BrO4S. The Balaban J connectivity index is 1.75. The van der Waals surface area contributed by atoms with Gasteiger partial charge in [-0.2, -0.15) is 0 Å². The Labute approximate surface area is 179 Å². The first kappa shape index (κ1) is 21.3. The summed E-state index contributed by atoms with van der Waals surface area (Å²) in [7, 11) is -3.50. The normalized spacial score (nSPS) is 11.2. The fourth-order valence-corrected chi connectivity index (χ4v) is 4.61. The van der Waals surface area contributed by atoms with Crippen LogP contribution in [0, 0.1) is 0 Å². The summed E-state index contributed by atoms with van der Waals surface area (Å²) in [5.41, 5.74) is 3.35. The van der Waals surface area contributed by atoms with E-state index in [1.165, 1.54) is 0 Å². The lowest BCUT2D eigenvalue weighted by Gasteiger charge is -2.08. The summed E-state index contributed by atoms with van der Waals surface area (Å²) in [6.45, 7) is 2.08. The van der Waals surface area contributed by atoms with Crippen molar-refractivity contribution >= 4 is 31.7 Å². The molecule has 4 nitrogen and oxygen atoms in total. The van der Waals surface area contributed by atoms with Crippen molar-refractivity contribution in [3.63, 3.8) is 0 Å². The number of sulfone groups is 1. The smallest absolute Gasteiger partial charge is 0.310 e. The molecule has 0 heterocycles. The Kier molecular flexibility index (Phi) is 6.87. The predicted octanol–water partition coefficient (Wildman–Crippen LogP) is 5.20. The van der Waals surface area contributed by atoms with Crippen molar-refractivity contribution in [2.45, 2.75) is 24.0 Å². The maximum atomic E-state index is 12.8. The molecule has 0 fully saturated rings. The molecule has 0 atom stereocenters. The number of esters is 1. The Morgan fingerprint density at radius 3 is 2.10 bits per heavy atom. The van der Waals surface area contributed by atoms with Gasteiger partial charge in [-0.3, -0.25) is 4.79 Å². The first-order valence-corrected chi connectivity index (χ1v) is 11.6. The quantitative estimate of drug-likeness (QED) is 0.443. The first-order valence-electron chi connectivity index (χ1n) is 9.19. The van der Waals surface area contributed by atoms with E-state index in [1.54, 1.807) is 43.3 Å². The molecular weight excluding hydrogens is 452 g/mol. The van der Waals surface area contributed by atoms with E-state index in [1.807, 2.05) is 36.4 Å². The van der Waals surface area contributed by atoms with E-state index in [0.29, 0.717) is 12.2 Å². The molecule has 3 aromatic rings. The van der Waals surface area contributed by atoms with Crippen molar-refractivity contribution < 1.29 is 17.9 Å². The summed E-state index contributed by atoms with van der Waals surface area (Å²) in [6, 6.07) is 21.8. The third-order valence-corrected chi connectivity index (χ3v) is 6.63. The Morgan fingerprint density at radius 2 is 1.48 bits per heavy atom. The Bertz CT molecular complexity index is 1090. The van der Waals surface area contributed by atoms with Crippen LogP contribution in [0.2, 0.25) is 0 Å². The molecule has 29 heavy (non-hydrogen) atoms. The average Bonchev–Trinajstić information content (AvgIpc) is 2.69. The van der Waals surface area contributed by atoms with Crippen LogP contribution < -0.4 is 0 Å². The number of hydrogen-bond acceptors (Lipinski definition) is 4. The first-order chi connectivity index (χ1) is 13.9. The van der Waals surface area contributed by atoms with Crippen LogP contribution in [0.5, 0.6) is 0 Å². The number of carbonyl (C=O) groups excluding carboxylic acids is 1. The summed E-state index contributed by atoms with van der Waals surface area (Å²) >= 11 is 3.41. The number of rotatable bonds is 7. The van der Waals surface area contributed by atoms with Gasteiger partial charge in [0, 0.05) is 4.47 Å². The molecule has 3 aromatic carbocycles. The minimum absolute atomic E-state index is 0.124. The number of hydrogen-bond donors (Lipinski definition) is 0. The molecule has 0 saturated carbocycles. The van der Waals surface area contributed by atoms with Gasteiger partial charge in [-0.15, -0.1) is 0 Å². The molecule has 0 radical (unpaired) electrons. The maximum Gasteiger partial charge on any atom is 0.310 e. The van der Waals surface area contributed by atoms with Gasteiger partial charge >= 0.3 is 5.97 Å². The molecule has 0 aliphatic heterocycles. The highest BCUT2D eigenvalue weighted by Gasteiger charge is 2.16. The third kappa shape index (κ3) is 5.78. The van der Waals surface area contributed by atoms with Crippen LogP contribution in [0.4, 0.5) is 0 Å². The fraction of sp³-hybridized carbons (Fsp3) is 0.174. The molecule has 0 N–H and O–H groups in total. The molecule has 0 aliphatic carbocycles.